The number of Topliss-reactive ketones (excluding diaryl/α,β-unsaturated/α-hetero) is 1. The molecule has 2 rings (SSSR count). The van der Waals surface area contributed by atoms with E-state index in [0.29, 0.717) is 23.7 Å². The van der Waals surface area contributed by atoms with Crippen LogP contribution in [0.25, 0.3) is 0 Å². The van der Waals surface area contributed by atoms with Crippen LogP contribution in [0.2, 0.25) is 0 Å². The predicted molar refractivity (Wildman–Crippen MR) is 106 cm³/mol. The number of carbonyl (C=O) groups excluding carboxylic acids is 4. The number of hydrogen-bond donors (Lipinski definition) is 2. The molecule has 0 bridgehead atoms. The summed E-state index contributed by atoms with van der Waals surface area (Å²) < 4.78 is 15.3. The van der Waals surface area contributed by atoms with E-state index in [2.05, 4.69) is 5.32 Å². The predicted octanol–water partition coefficient (Wildman–Crippen LogP) is 2.60. The van der Waals surface area contributed by atoms with Crippen molar-refractivity contribution in [2.45, 2.75) is 32.7 Å². The Labute approximate surface area is 173 Å². The number of furan rings is 1. The van der Waals surface area contributed by atoms with E-state index in [1.54, 1.807) is 36.4 Å². The van der Waals surface area contributed by atoms with Gasteiger partial charge in [-0.1, -0.05) is 6.92 Å². The minimum Gasteiger partial charge on any atom is -0.494 e. The second-order valence-electron chi connectivity index (χ2n) is 6.27. The zero-order chi connectivity index (χ0) is 21.8. The van der Waals surface area contributed by atoms with Gasteiger partial charge in [-0.2, -0.15) is 0 Å². The van der Waals surface area contributed by atoms with Gasteiger partial charge in [0.2, 0.25) is 0 Å². The highest BCUT2D eigenvalue weighted by molar-refractivity contribution is 5.98. The maximum Gasteiger partial charge on any atom is 0.321 e. The molecule has 0 saturated heterocycles. The third kappa shape index (κ3) is 8.17. The molecule has 0 spiro atoms. The van der Waals surface area contributed by atoms with Gasteiger partial charge in [0.1, 0.15) is 11.5 Å². The molecule has 30 heavy (non-hydrogen) atoms. The monoisotopic (exact) mass is 416 g/mol. The standard InChI is InChI=1S/C21H24N2O7/c1-2-11-28-16-7-5-15(6-8-16)18(24)9-10-20(26)30-14-19(25)23-21(27)22-13-17-4-3-12-29-17/h3-8,12H,2,9-11,13-14H2,1H3,(H2,22,23,25,27). The minimum absolute atomic E-state index is 0.0563. The van der Waals surface area contributed by atoms with Crippen molar-refractivity contribution in [2.75, 3.05) is 13.2 Å². The largest absolute Gasteiger partial charge is 0.494 e. The molecule has 0 aliphatic heterocycles. The summed E-state index contributed by atoms with van der Waals surface area (Å²) in [5.41, 5.74) is 0.456. The van der Waals surface area contributed by atoms with Gasteiger partial charge in [-0.3, -0.25) is 19.7 Å². The van der Waals surface area contributed by atoms with Gasteiger partial charge in [-0.15, -0.1) is 0 Å². The first-order chi connectivity index (χ1) is 14.5. The third-order valence-corrected chi connectivity index (χ3v) is 3.83. The number of imide groups is 1. The Morgan fingerprint density at radius 1 is 1.03 bits per heavy atom. The van der Waals surface area contributed by atoms with Gasteiger partial charge in [-0.25, -0.2) is 4.79 Å². The Hall–Kier alpha value is -3.62. The molecule has 0 unspecified atom stereocenters. The van der Waals surface area contributed by atoms with Crippen LogP contribution in [0.3, 0.4) is 0 Å². The molecular formula is C21H24N2O7. The number of rotatable bonds is 11. The molecular weight excluding hydrogens is 392 g/mol. The number of ether oxygens (including phenoxy) is 2. The lowest BCUT2D eigenvalue weighted by Crippen LogP contribution is -2.41. The topological polar surface area (TPSA) is 124 Å². The second-order valence-corrected chi connectivity index (χ2v) is 6.27. The van der Waals surface area contributed by atoms with E-state index in [1.807, 2.05) is 12.2 Å². The molecule has 0 saturated carbocycles. The first kappa shape index (κ1) is 22.7. The molecule has 0 atom stereocenters. The summed E-state index contributed by atoms with van der Waals surface area (Å²) in [6, 6.07) is 9.25. The SMILES string of the molecule is CCCOc1ccc(C(=O)CCC(=O)OCC(=O)NC(=O)NCc2ccco2)cc1. The van der Waals surface area contributed by atoms with Gasteiger partial charge < -0.3 is 19.2 Å². The zero-order valence-corrected chi connectivity index (χ0v) is 16.6. The van der Waals surface area contributed by atoms with Crippen molar-refractivity contribution in [3.8, 4) is 5.75 Å². The number of urea groups is 1. The van der Waals surface area contributed by atoms with E-state index in [0.717, 1.165) is 6.42 Å². The normalized spacial score (nSPS) is 10.2. The van der Waals surface area contributed by atoms with Crippen molar-refractivity contribution in [1.29, 1.82) is 0 Å². The van der Waals surface area contributed by atoms with Crippen LogP contribution in [0.5, 0.6) is 5.75 Å². The van der Waals surface area contributed by atoms with E-state index in [9.17, 15) is 19.2 Å². The summed E-state index contributed by atoms with van der Waals surface area (Å²) in [7, 11) is 0. The molecule has 9 nitrogen and oxygen atoms in total. The average Bonchev–Trinajstić information content (AvgIpc) is 3.27. The van der Waals surface area contributed by atoms with Gasteiger partial charge in [0, 0.05) is 12.0 Å². The number of nitrogens with one attached hydrogen (secondary N) is 2. The number of esters is 1. The summed E-state index contributed by atoms with van der Waals surface area (Å²) >= 11 is 0. The van der Waals surface area contributed by atoms with Crippen molar-refractivity contribution < 1.29 is 33.1 Å². The summed E-state index contributed by atoms with van der Waals surface area (Å²) in [5, 5.41) is 4.44. The fourth-order valence-electron chi connectivity index (χ4n) is 2.32. The van der Waals surface area contributed by atoms with Crippen molar-refractivity contribution in [2.24, 2.45) is 0 Å². The molecule has 0 radical (unpaired) electrons. The Balaban J connectivity index is 1.63. The highest BCUT2D eigenvalue weighted by atomic mass is 16.5. The number of amides is 3. The van der Waals surface area contributed by atoms with E-state index < -0.39 is 24.5 Å². The highest BCUT2D eigenvalue weighted by Crippen LogP contribution is 2.14. The number of benzene rings is 1. The Morgan fingerprint density at radius 2 is 1.80 bits per heavy atom. The molecule has 160 valence electrons. The molecule has 0 aliphatic rings. The smallest absolute Gasteiger partial charge is 0.321 e. The molecule has 1 aromatic carbocycles. The summed E-state index contributed by atoms with van der Waals surface area (Å²) in [6.45, 7) is 2.08. The molecule has 2 aromatic rings. The van der Waals surface area contributed by atoms with Crippen LogP contribution in [0.1, 0.15) is 42.3 Å². The molecule has 9 heteroatoms. The van der Waals surface area contributed by atoms with Crippen LogP contribution in [0.4, 0.5) is 4.79 Å². The molecule has 2 N–H and O–H groups in total. The first-order valence-corrected chi connectivity index (χ1v) is 9.49. The van der Waals surface area contributed by atoms with Gasteiger partial charge in [0.25, 0.3) is 5.91 Å². The lowest BCUT2D eigenvalue weighted by Gasteiger charge is -2.07. The molecule has 1 heterocycles. The van der Waals surface area contributed by atoms with Crippen LogP contribution in [0, 0.1) is 0 Å². The maximum absolute atomic E-state index is 12.1. The second kappa shape index (κ2) is 12.1. The van der Waals surface area contributed by atoms with Crippen molar-refractivity contribution >= 4 is 23.7 Å². The van der Waals surface area contributed by atoms with E-state index in [1.165, 1.54) is 6.26 Å². The highest BCUT2D eigenvalue weighted by Gasteiger charge is 2.13. The fourth-order valence-corrected chi connectivity index (χ4v) is 2.32. The lowest BCUT2D eigenvalue weighted by atomic mass is 10.1. The Kier molecular flexibility index (Phi) is 9.11. The van der Waals surface area contributed by atoms with Crippen molar-refractivity contribution in [3.05, 3.63) is 54.0 Å². The number of hydrogen-bond acceptors (Lipinski definition) is 7. The van der Waals surface area contributed by atoms with Gasteiger partial charge >= 0.3 is 12.0 Å². The van der Waals surface area contributed by atoms with Crippen LogP contribution >= 0.6 is 0 Å². The van der Waals surface area contributed by atoms with E-state index >= 15 is 0 Å². The van der Waals surface area contributed by atoms with Gasteiger partial charge in [0.15, 0.2) is 12.4 Å². The van der Waals surface area contributed by atoms with Gasteiger partial charge in [0.05, 0.1) is 25.8 Å². The maximum atomic E-state index is 12.1. The number of ketones is 1. The van der Waals surface area contributed by atoms with E-state index in [-0.39, 0.29) is 25.2 Å². The fraction of sp³-hybridized carbons (Fsp3) is 0.333. The summed E-state index contributed by atoms with van der Waals surface area (Å²) in [4.78, 5) is 47.1. The van der Waals surface area contributed by atoms with Crippen LogP contribution in [-0.2, 0) is 20.9 Å². The summed E-state index contributed by atoms with van der Waals surface area (Å²) in [6.07, 6.45) is 2.11. The number of carbonyl (C=O) groups is 4. The zero-order valence-electron chi connectivity index (χ0n) is 16.6. The quantitative estimate of drug-likeness (QED) is 0.426. The third-order valence-electron chi connectivity index (χ3n) is 3.83. The summed E-state index contributed by atoms with van der Waals surface area (Å²) in [5.74, 6) is -0.522. The first-order valence-electron chi connectivity index (χ1n) is 9.49. The Morgan fingerprint density at radius 3 is 2.47 bits per heavy atom. The van der Waals surface area contributed by atoms with Crippen LogP contribution in [0.15, 0.2) is 47.1 Å². The Bertz CT molecular complexity index is 845. The lowest BCUT2D eigenvalue weighted by molar-refractivity contribution is -0.148. The van der Waals surface area contributed by atoms with Crippen LogP contribution in [-0.4, -0.2) is 36.9 Å². The van der Waals surface area contributed by atoms with Crippen LogP contribution < -0.4 is 15.4 Å². The minimum atomic E-state index is -0.783. The molecule has 0 fully saturated rings. The van der Waals surface area contributed by atoms with Crippen molar-refractivity contribution in [1.82, 2.24) is 10.6 Å². The molecule has 0 aliphatic carbocycles. The average molecular weight is 416 g/mol. The van der Waals surface area contributed by atoms with Gasteiger partial charge in [-0.05, 0) is 42.8 Å². The van der Waals surface area contributed by atoms with E-state index in [4.69, 9.17) is 13.9 Å². The van der Waals surface area contributed by atoms with Crippen molar-refractivity contribution in [3.63, 3.8) is 0 Å². The molecule has 3 amide bonds. The molecule has 1 aromatic heterocycles.